The van der Waals surface area contributed by atoms with Crippen molar-refractivity contribution in [3.63, 3.8) is 0 Å². The molecule has 54 heavy (non-hydrogen) atoms. The monoisotopic (exact) mass is 751 g/mol. The van der Waals surface area contributed by atoms with Crippen LogP contribution >= 0.6 is 0 Å². The Labute approximate surface area is 331 Å². The molecule has 0 heterocycles. The van der Waals surface area contributed by atoms with Gasteiger partial charge < -0.3 is 28.4 Å². The van der Waals surface area contributed by atoms with E-state index in [1.807, 2.05) is 18.2 Å². The van der Waals surface area contributed by atoms with Gasteiger partial charge in [-0.25, -0.2) is 0 Å². The van der Waals surface area contributed by atoms with Gasteiger partial charge in [0.2, 0.25) is 0 Å². The lowest BCUT2D eigenvalue weighted by molar-refractivity contribution is -0.0821. The predicted molar refractivity (Wildman–Crippen MR) is 227 cm³/mol. The fourth-order valence-corrected chi connectivity index (χ4v) is 6.67. The third-order valence-electron chi connectivity index (χ3n) is 9.37. The largest absolute Gasteiger partial charge is 0.376 e. The number of hydrogen-bond acceptors (Lipinski definition) is 6. The summed E-state index contributed by atoms with van der Waals surface area (Å²) in [6, 6.07) is 31.0. The standard InChI is InChI=1S/3C15H22O2.3CH4/c3*1-12(2)17-15-8-14(9-15)11-16-10-13-6-4-3-5-7-13;;;/h3*3-7,12,14-15H,8-11H2,1-2H3;3*1H4. The van der Waals surface area contributed by atoms with E-state index in [9.17, 15) is 0 Å². The number of ether oxygens (including phenoxy) is 6. The normalized spacial score (nSPS) is 22.4. The van der Waals surface area contributed by atoms with E-state index in [1.165, 1.54) is 16.7 Å². The van der Waals surface area contributed by atoms with E-state index in [-0.39, 0.29) is 22.3 Å². The van der Waals surface area contributed by atoms with Gasteiger partial charge in [-0.3, -0.25) is 0 Å². The topological polar surface area (TPSA) is 55.4 Å². The van der Waals surface area contributed by atoms with Crippen LogP contribution in [0.1, 0.15) is 119 Å². The van der Waals surface area contributed by atoms with Crippen molar-refractivity contribution in [3.8, 4) is 0 Å². The fourth-order valence-electron chi connectivity index (χ4n) is 6.67. The average Bonchev–Trinajstić information content (AvgIpc) is 3.06. The van der Waals surface area contributed by atoms with Crippen molar-refractivity contribution >= 4 is 0 Å². The lowest BCUT2D eigenvalue weighted by Crippen LogP contribution is -2.35. The molecule has 0 N–H and O–H groups in total. The SMILES string of the molecule is C.C.C.CC(C)OC1CC(COCc2ccccc2)C1.CC(C)OC1CC(COCc2ccccc2)C1.CC(C)OC1CC(COCc2ccccc2)C1. The quantitative estimate of drug-likeness (QED) is 0.129. The van der Waals surface area contributed by atoms with Gasteiger partial charge in [0, 0.05) is 0 Å². The van der Waals surface area contributed by atoms with Crippen molar-refractivity contribution in [1.82, 2.24) is 0 Å². The summed E-state index contributed by atoms with van der Waals surface area (Å²) in [5.74, 6) is 2.09. The molecule has 3 aliphatic rings. The Morgan fingerprint density at radius 1 is 0.389 bits per heavy atom. The molecule has 6 heteroatoms. The van der Waals surface area contributed by atoms with Crippen molar-refractivity contribution in [2.45, 2.75) is 159 Å². The first kappa shape index (κ1) is 49.4. The average molecular weight is 751 g/mol. The van der Waals surface area contributed by atoms with Gasteiger partial charge in [0.25, 0.3) is 0 Å². The van der Waals surface area contributed by atoms with Crippen LogP contribution in [0.5, 0.6) is 0 Å². The molecule has 0 aromatic heterocycles. The second-order valence-electron chi connectivity index (χ2n) is 15.4. The van der Waals surface area contributed by atoms with Gasteiger partial charge in [0.15, 0.2) is 0 Å². The summed E-state index contributed by atoms with van der Waals surface area (Å²) >= 11 is 0. The highest BCUT2D eigenvalue weighted by molar-refractivity contribution is 5.14. The molecule has 3 saturated carbocycles. The molecule has 3 aliphatic carbocycles. The Morgan fingerprint density at radius 2 is 0.611 bits per heavy atom. The zero-order valence-corrected chi connectivity index (χ0v) is 32.3. The minimum atomic E-state index is 0. The Balaban J connectivity index is 0.000000394. The molecule has 3 aromatic rings. The molecule has 3 aromatic carbocycles. The second kappa shape index (κ2) is 27.9. The molecule has 6 nitrogen and oxygen atoms in total. The third-order valence-corrected chi connectivity index (χ3v) is 9.37. The zero-order valence-electron chi connectivity index (χ0n) is 32.3. The highest BCUT2D eigenvalue weighted by Gasteiger charge is 2.32. The lowest BCUT2D eigenvalue weighted by Gasteiger charge is -2.36. The molecule has 0 aliphatic heterocycles. The van der Waals surface area contributed by atoms with E-state index < -0.39 is 0 Å². The van der Waals surface area contributed by atoms with Crippen LogP contribution in [0.25, 0.3) is 0 Å². The van der Waals surface area contributed by atoms with Crippen LogP contribution in [0.4, 0.5) is 0 Å². The van der Waals surface area contributed by atoms with Gasteiger partial charge >= 0.3 is 0 Å². The Kier molecular flexibility index (Phi) is 25.6. The molecular formula is C48H78O6. The summed E-state index contributed by atoms with van der Waals surface area (Å²) in [4.78, 5) is 0. The van der Waals surface area contributed by atoms with Gasteiger partial charge in [0.05, 0.1) is 76.3 Å². The van der Waals surface area contributed by atoms with Gasteiger partial charge in [-0.1, -0.05) is 113 Å². The first-order valence-corrected chi connectivity index (χ1v) is 19.5. The summed E-state index contributed by atoms with van der Waals surface area (Å²) in [7, 11) is 0. The number of rotatable bonds is 18. The van der Waals surface area contributed by atoms with E-state index in [0.717, 1.165) is 78.2 Å². The fraction of sp³-hybridized carbons (Fsp3) is 0.625. The van der Waals surface area contributed by atoms with Gasteiger partial charge in [0.1, 0.15) is 0 Å². The molecule has 0 radical (unpaired) electrons. The molecule has 0 saturated heterocycles. The maximum Gasteiger partial charge on any atom is 0.0717 e. The molecule has 0 atom stereocenters. The molecule has 0 amide bonds. The lowest BCUT2D eigenvalue weighted by atomic mass is 9.83. The van der Waals surface area contributed by atoms with E-state index in [4.69, 9.17) is 28.4 Å². The molecule has 6 rings (SSSR count). The summed E-state index contributed by atoms with van der Waals surface area (Å²) in [6.07, 6.45) is 9.43. The van der Waals surface area contributed by atoms with Gasteiger partial charge in [-0.15, -0.1) is 0 Å². The molecule has 0 unspecified atom stereocenters. The van der Waals surface area contributed by atoms with Crippen LogP contribution in [0.3, 0.4) is 0 Å². The first-order valence-electron chi connectivity index (χ1n) is 19.5. The van der Waals surface area contributed by atoms with Crippen molar-refractivity contribution in [2.24, 2.45) is 17.8 Å². The van der Waals surface area contributed by atoms with Gasteiger partial charge in [-0.05, 0) is 115 Å². The third kappa shape index (κ3) is 20.4. The van der Waals surface area contributed by atoms with Crippen LogP contribution in [-0.2, 0) is 48.2 Å². The van der Waals surface area contributed by atoms with Crippen LogP contribution in [0, 0.1) is 17.8 Å². The van der Waals surface area contributed by atoms with Crippen LogP contribution in [0.2, 0.25) is 0 Å². The highest BCUT2D eigenvalue weighted by atomic mass is 16.5. The maximum atomic E-state index is 5.73. The van der Waals surface area contributed by atoms with Crippen molar-refractivity contribution < 1.29 is 28.4 Å². The van der Waals surface area contributed by atoms with E-state index >= 15 is 0 Å². The summed E-state index contributed by atoms with van der Waals surface area (Å²) < 4.78 is 34.3. The predicted octanol–water partition coefficient (Wildman–Crippen LogP) is 12.1. The highest BCUT2D eigenvalue weighted by Crippen LogP contribution is 2.33. The van der Waals surface area contributed by atoms with Crippen molar-refractivity contribution in [2.75, 3.05) is 19.8 Å². The molecule has 306 valence electrons. The minimum Gasteiger partial charge on any atom is -0.376 e. The minimum absolute atomic E-state index is 0. The second-order valence-corrected chi connectivity index (χ2v) is 15.4. The Bertz CT molecular complexity index is 1110. The van der Waals surface area contributed by atoms with Crippen LogP contribution < -0.4 is 0 Å². The molecule has 0 spiro atoms. The molecule has 0 bridgehead atoms. The maximum absolute atomic E-state index is 5.73. The summed E-state index contributed by atoms with van der Waals surface area (Å²) in [6.45, 7) is 17.4. The molecule has 3 fully saturated rings. The van der Waals surface area contributed by atoms with E-state index in [1.54, 1.807) is 0 Å². The van der Waals surface area contributed by atoms with Crippen molar-refractivity contribution in [3.05, 3.63) is 108 Å². The first-order chi connectivity index (χ1) is 24.7. The van der Waals surface area contributed by atoms with E-state index in [0.29, 0.717) is 54.4 Å². The zero-order chi connectivity index (χ0) is 36.3. The number of hydrogen-bond donors (Lipinski definition) is 0. The summed E-state index contributed by atoms with van der Waals surface area (Å²) in [5.41, 5.74) is 3.76. The van der Waals surface area contributed by atoms with Gasteiger partial charge in [-0.2, -0.15) is 0 Å². The number of benzene rings is 3. The smallest absolute Gasteiger partial charge is 0.0717 e. The Morgan fingerprint density at radius 3 is 0.815 bits per heavy atom. The van der Waals surface area contributed by atoms with Crippen molar-refractivity contribution in [1.29, 1.82) is 0 Å². The van der Waals surface area contributed by atoms with E-state index in [2.05, 4.69) is 114 Å². The molecular weight excluding hydrogens is 673 g/mol. The Hall–Kier alpha value is -2.58. The van der Waals surface area contributed by atoms with Crippen LogP contribution in [0.15, 0.2) is 91.0 Å². The summed E-state index contributed by atoms with van der Waals surface area (Å²) in [5, 5.41) is 0. The van der Waals surface area contributed by atoms with Crippen LogP contribution in [-0.4, -0.2) is 56.4 Å².